The van der Waals surface area contributed by atoms with Crippen molar-refractivity contribution < 1.29 is 4.79 Å². The van der Waals surface area contributed by atoms with Crippen molar-refractivity contribution in [3.8, 4) is 0 Å². The molecule has 1 aliphatic heterocycles. The normalized spacial score (nSPS) is 18.8. The Kier molecular flexibility index (Phi) is 5.18. The maximum atomic E-state index is 12.9. The molecule has 1 aromatic carbocycles. The van der Waals surface area contributed by atoms with Crippen LogP contribution in [0.4, 0.5) is 0 Å². The van der Waals surface area contributed by atoms with E-state index in [9.17, 15) is 4.79 Å². The van der Waals surface area contributed by atoms with Crippen molar-refractivity contribution in [2.24, 2.45) is 5.92 Å². The average Bonchev–Trinajstić information content (AvgIpc) is 2.94. The first-order valence-electron chi connectivity index (χ1n) is 7.68. The van der Waals surface area contributed by atoms with Crippen molar-refractivity contribution >= 4 is 5.91 Å². The van der Waals surface area contributed by atoms with Gasteiger partial charge in [-0.3, -0.25) is 4.79 Å². The van der Waals surface area contributed by atoms with Crippen molar-refractivity contribution in [1.82, 2.24) is 10.2 Å². The lowest BCUT2D eigenvalue weighted by Gasteiger charge is -2.28. The second kappa shape index (κ2) is 6.89. The number of benzene rings is 1. The van der Waals surface area contributed by atoms with Crippen LogP contribution >= 0.6 is 0 Å². The third-order valence-electron chi connectivity index (χ3n) is 4.22. The Morgan fingerprint density at radius 1 is 1.40 bits per heavy atom. The van der Waals surface area contributed by atoms with Gasteiger partial charge in [0, 0.05) is 18.2 Å². The van der Waals surface area contributed by atoms with Crippen LogP contribution in [-0.2, 0) is 6.42 Å². The summed E-state index contributed by atoms with van der Waals surface area (Å²) >= 11 is 0. The molecule has 1 amide bonds. The summed E-state index contributed by atoms with van der Waals surface area (Å²) in [6, 6.07) is 8.44. The van der Waals surface area contributed by atoms with Crippen molar-refractivity contribution in [1.29, 1.82) is 0 Å². The summed E-state index contributed by atoms with van der Waals surface area (Å²) in [5, 5.41) is 3.15. The van der Waals surface area contributed by atoms with Gasteiger partial charge in [0.15, 0.2) is 0 Å². The summed E-state index contributed by atoms with van der Waals surface area (Å²) in [6.45, 7) is 6.23. The number of carbonyl (C=O) groups is 1. The largest absolute Gasteiger partial charge is 0.335 e. The number of carbonyl (C=O) groups excluding carboxylic acids is 1. The summed E-state index contributed by atoms with van der Waals surface area (Å²) in [7, 11) is 1.94. The monoisotopic (exact) mass is 274 g/mol. The standard InChI is InChI=1S/C17H26N2O/c1-13(2)16-9-6-12-19(16)17(20)15-8-5-4-7-14(15)10-11-18-3/h4-5,7-8,13,16,18H,6,9-12H2,1-3H3. The Hall–Kier alpha value is -1.35. The van der Waals surface area contributed by atoms with Gasteiger partial charge in [-0.1, -0.05) is 32.0 Å². The van der Waals surface area contributed by atoms with Crippen molar-refractivity contribution in [2.45, 2.75) is 39.2 Å². The Labute approximate surface area is 122 Å². The van der Waals surface area contributed by atoms with Crippen LogP contribution in [0.2, 0.25) is 0 Å². The van der Waals surface area contributed by atoms with Gasteiger partial charge in [-0.2, -0.15) is 0 Å². The number of rotatable bonds is 5. The minimum atomic E-state index is 0.216. The third-order valence-corrected chi connectivity index (χ3v) is 4.22. The van der Waals surface area contributed by atoms with E-state index in [1.54, 1.807) is 0 Å². The number of hydrogen-bond acceptors (Lipinski definition) is 2. The molecule has 1 aliphatic rings. The molecule has 1 fully saturated rings. The second-order valence-corrected chi connectivity index (χ2v) is 5.96. The molecule has 110 valence electrons. The maximum Gasteiger partial charge on any atom is 0.254 e. The minimum absolute atomic E-state index is 0.216. The van der Waals surface area contributed by atoms with Gasteiger partial charge in [0.05, 0.1) is 0 Å². The van der Waals surface area contributed by atoms with Crippen LogP contribution in [0.5, 0.6) is 0 Å². The van der Waals surface area contributed by atoms with Crippen LogP contribution in [0, 0.1) is 5.92 Å². The zero-order valence-electron chi connectivity index (χ0n) is 12.9. The Morgan fingerprint density at radius 2 is 2.15 bits per heavy atom. The van der Waals surface area contributed by atoms with E-state index in [1.807, 2.05) is 25.2 Å². The molecular formula is C17H26N2O. The van der Waals surface area contributed by atoms with E-state index < -0.39 is 0 Å². The highest BCUT2D eigenvalue weighted by molar-refractivity contribution is 5.96. The third kappa shape index (κ3) is 3.21. The molecule has 0 bridgehead atoms. The number of amides is 1. The van der Waals surface area contributed by atoms with Crippen LogP contribution in [0.3, 0.4) is 0 Å². The van der Waals surface area contributed by atoms with E-state index in [-0.39, 0.29) is 5.91 Å². The minimum Gasteiger partial charge on any atom is -0.335 e. The van der Waals surface area contributed by atoms with Crippen molar-refractivity contribution in [3.05, 3.63) is 35.4 Å². The lowest BCUT2D eigenvalue weighted by Crippen LogP contribution is -2.39. The van der Waals surface area contributed by atoms with Gasteiger partial charge in [-0.05, 0) is 50.4 Å². The summed E-state index contributed by atoms with van der Waals surface area (Å²) in [5.74, 6) is 0.749. The Bertz CT molecular complexity index is 456. The van der Waals surface area contributed by atoms with Gasteiger partial charge < -0.3 is 10.2 Å². The first-order valence-corrected chi connectivity index (χ1v) is 7.68. The fraction of sp³-hybridized carbons (Fsp3) is 0.588. The zero-order chi connectivity index (χ0) is 14.5. The topological polar surface area (TPSA) is 32.3 Å². The van der Waals surface area contributed by atoms with E-state index in [4.69, 9.17) is 0 Å². The Morgan fingerprint density at radius 3 is 2.85 bits per heavy atom. The summed E-state index contributed by atoms with van der Waals surface area (Å²) in [4.78, 5) is 14.9. The average molecular weight is 274 g/mol. The molecule has 1 unspecified atom stereocenters. The van der Waals surface area contributed by atoms with E-state index >= 15 is 0 Å². The molecule has 1 saturated heterocycles. The lowest BCUT2D eigenvalue weighted by molar-refractivity contribution is 0.0700. The fourth-order valence-corrected chi connectivity index (χ4v) is 3.10. The number of likely N-dealkylation sites (tertiary alicyclic amines) is 1. The molecule has 20 heavy (non-hydrogen) atoms. The molecule has 2 rings (SSSR count). The molecule has 0 spiro atoms. The molecule has 3 heteroatoms. The molecule has 1 atom stereocenters. The number of nitrogens with zero attached hydrogens (tertiary/aromatic N) is 1. The van der Waals surface area contributed by atoms with Crippen LogP contribution in [-0.4, -0.2) is 37.0 Å². The Balaban J connectivity index is 2.20. The highest BCUT2D eigenvalue weighted by atomic mass is 16.2. The maximum absolute atomic E-state index is 12.9. The van der Waals surface area contributed by atoms with Crippen LogP contribution in [0.15, 0.2) is 24.3 Å². The predicted molar refractivity (Wildman–Crippen MR) is 83.0 cm³/mol. The molecule has 0 radical (unpaired) electrons. The van der Waals surface area contributed by atoms with Crippen LogP contribution in [0.25, 0.3) is 0 Å². The second-order valence-electron chi connectivity index (χ2n) is 5.96. The van der Waals surface area contributed by atoms with Gasteiger partial charge >= 0.3 is 0 Å². The quantitative estimate of drug-likeness (QED) is 0.895. The molecule has 0 saturated carbocycles. The molecule has 1 heterocycles. The number of likely N-dealkylation sites (N-methyl/N-ethyl adjacent to an activating group) is 1. The first kappa shape index (κ1) is 15.0. The summed E-state index contributed by atoms with van der Waals surface area (Å²) in [5.41, 5.74) is 2.04. The smallest absolute Gasteiger partial charge is 0.254 e. The molecule has 1 aromatic rings. The van der Waals surface area contributed by atoms with Gasteiger partial charge in [0.1, 0.15) is 0 Å². The molecule has 3 nitrogen and oxygen atoms in total. The van der Waals surface area contributed by atoms with Crippen LogP contribution < -0.4 is 5.32 Å². The lowest BCUT2D eigenvalue weighted by atomic mass is 9.99. The zero-order valence-corrected chi connectivity index (χ0v) is 12.9. The predicted octanol–water partition coefficient (Wildman–Crippen LogP) is 2.71. The first-order chi connectivity index (χ1) is 9.65. The van der Waals surface area contributed by atoms with E-state index in [0.29, 0.717) is 12.0 Å². The van der Waals surface area contributed by atoms with Crippen LogP contribution in [0.1, 0.15) is 42.6 Å². The van der Waals surface area contributed by atoms with Gasteiger partial charge in [-0.15, -0.1) is 0 Å². The summed E-state index contributed by atoms with van der Waals surface area (Å²) < 4.78 is 0. The van der Waals surface area contributed by atoms with E-state index in [2.05, 4.69) is 30.1 Å². The summed E-state index contributed by atoms with van der Waals surface area (Å²) in [6.07, 6.45) is 3.17. The van der Waals surface area contributed by atoms with Crippen molar-refractivity contribution in [2.75, 3.05) is 20.1 Å². The molecule has 0 aliphatic carbocycles. The van der Waals surface area contributed by atoms with Gasteiger partial charge in [0.25, 0.3) is 5.91 Å². The number of hydrogen-bond donors (Lipinski definition) is 1. The van der Waals surface area contributed by atoms with Gasteiger partial charge in [-0.25, -0.2) is 0 Å². The molecular weight excluding hydrogens is 248 g/mol. The van der Waals surface area contributed by atoms with E-state index in [1.165, 1.54) is 0 Å². The highest BCUT2D eigenvalue weighted by Crippen LogP contribution is 2.26. The van der Waals surface area contributed by atoms with Crippen molar-refractivity contribution in [3.63, 3.8) is 0 Å². The molecule has 1 N–H and O–H groups in total. The highest BCUT2D eigenvalue weighted by Gasteiger charge is 2.31. The number of nitrogens with one attached hydrogen (secondary N) is 1. The van der Waals surface area contributed by atoms with E-state index in [0.717, 1.165) is 43.5 Å². The SMILES string of the molecule is CNCCc1ccccc1C(=O)N1CCCC1C(C)C. The molecule has 0 aromatic heterocycles. The van der Waals surface area contributed by atoms with Gasteiger partial charge in [0.2, 0.25) is 0 Å². The fourth-order valence-electron chi connectivity index (χ4n) is 3.10.